The average Bonchev–Trinajstić information content (AvgIpc) is 2.73. The Hall–Kier alpha value is -1.68. The maximum atomic E-state index is 12.9. The Bertz CT molecular complexity index is 673. The van der Waals surface area contributed by atoms with Crippen molar-refractivity contribution in [2.75, 3.05) is 0 Å². The molecule has 0 radical (unpaired) electrons. The van der Waals surface area contributed by atoms with Crippen LogP contribution in [0, 0.1) is 5.82 Å². The van der Waals surface area contributed by atoms with E-state index in [1.807, 2.05) is 22.8 Å². The van der Waals surface area contributed by atoms with Crippen molar-refractivity contribution in [1.29, 1.82) is 0 Å². The van der Waals surface area contributed by atoms with E-state index in [0.717, 1.165) is 21.2 Å². The van der Waals surface area contributed by atoms with Crippen LogP contribution in [-0.2, 0) is 0 Å². The van der Waals surface area contributed by atoms with Crippen LogP contribution in [0.15, 0.2) is 53.3 Å². The van der Waals surface area contributed by atoms with Gasteiger partial charge in [0.2, 0.25) is 0 Å². The molecule has 0 fully saturated rings. The SMILES string of the molecule is Fc1ccc(-n2cnc3ccc(Br)cc32)cc1. The molecule has 0 unspecified atom stereocenters. The quantitative estimate of drug-likeness (QED) is 0.664. The summed E-state index contributed by atoms with van der Waals surface area (Å²) in [5.74, 6) is -0.237. The molecule has 84 valence electrons. The summed E-state index contributed by atoms with van der Waals surface area (Å²) in [5, 5.41) is 0. The summed E-state index contributed by atoms with van der Waals surface area (Å²) in [6.07, 6.45) is 1.74. The molecule has 2 aromatic carbocycles. The highest BCUT2D eigenvalue weighted by molar-refractivity contribution is 9.10. The highest BCUT2D eigenvalue weighted by Crippen LogP contribution is 2.22. The van der Waals surface area contributed by atoms with E-state index in [1.165, 1.54) is 12.1 Å². The van der Waals surface area contributed by atoms with Crippen molar-refractivity contribution in [2.24, 2.45) is 0 Å². The highest BCUT2D eigenvalue weighted by atomic mass is 79.9. The molecule has 1 aromatic heterocycles. The van der Waals surface area contributed by atoms with Crippen LogP contribution in [0.2, 0.25) is 0 Å². The molecule has 3 rings (SSSR count). The Balaban J connectivity index is 2.23. The van der Waals surface area contributed by atoms with Gasteiger partial charge in [-0.2, -0.15) is 0 Å². The Morgan fingerprint density at radius 3 is 2.59 bits per heavy atom. The Kier molecular flexibility index (Phi) is 2.44. The monoisotopic (exact) mass is 290 g/mol. The third-order valence-corrected chi connectivity index (χ3v) is 3.11. The van der Waals surface area contributed by atoms with E-state index in [2.05, 4.69) is 20.9 Å². The maximum Gasteiger partial charge on any atom is 0.123 e. The van der Waals surface area contributed by atoms with Gasteiger partial charge in [0, 0.05) is 10.2 Å². The van der Waals surface area contributed by atoms with Gasteiger partial charge in [-0.1, -0.05) is 15.9 Å². The molecule has 2 nitrogen and oxygen atoms in total. The lowest BCUT2D eigenvalue weighted by Gasteiger charge is -2.04. The molecule has 0 N–H and O–H groups in total. The third kappa shape index (κ3) is 1.85. The zero-order valence-corrected chi connectivity index (χ0v) is 10.4. The van der Waals surface area contributed by atoms with Gasteiger partial charge in [0.25, 0.3) is 0 Å². The minimum absolute atomic E-state index is 0.237. The standard InChI is InChI=1S/C13H8BrFN2/c14-9-1-6-12-13(7-9)17(8-16-12)11-4-2-10(15)3-5-11/h1-8H. The number of imidazole rings is 1. The summed E-state index contributed by atoms with van der Waals surface area (Å²) in [6, 6.07) is 12.2. The number of fused-ring (bicyclic) bond motifs is 1. The van der Waals surface area contributed by atoms with Crippen LogP contribution in [-0.4, -0.2) is 9.55 Å². The van der Waals surface area contributed by atoms with E-state index >= 15 is 0 Å². The van der Waals surface area contributed by atoms with E-state index in [1.54, 1.807) is 18.5 Å². The lowest BCUT2D eigenvalue weighted by atomic mass is 10.3. The maximum absolute atomic E-state index is 12.9. The number of rotatable bonds is 1. The van der Waals surface area contributed by atoms with Crippen molar-refractivity contribution in [2.45, 2.75) is 0 Å². The van der Waals surface area contributed by atoms with Crippen LogP contribution in [0.25, 0.3) is 16.7 Å². The first-order valence-electron chi connectivity index (χ1n) is 5.12. The first kappa shape index (κ1) is 10.5. The molecule has 0 aliphatic heterocycles. The van der Waals surface area contributed by atoms with Gasteiger partial charge in [0.1, 0.15) is 12.1 Å². The number of benzene rings is 2. The van der Waals surface area contributed by atoms with E-state index in [0.29, 0.717) is 0 Å². The van der Waals surface area contributed by atoms with Gasteiger partial charge < -0.3 is 0 Å². The van der Waals surface area contributed by atoms with E-state index in [-0.39, 0.29) is 5.82 Å². The summed E-state index contributed by atoms with van der Waals surface area (Å²) in [5.41, 5.74) is 2.80. The summed E-state index contributed by atoms with van der Waals surface area (Å²) in [6.45, 7) is 0. The minimum Gasteiger partial charge on any atom is -0.299 e. The van der Waals surface area contributed by atoms with Crippen LogP contribution in [0.4, 0.5) is 4.39 Å². The molecule has 0 spiro atoms. The molecule has 3 aromatic rings. The van der Waals surface area contributed by atoms with E-state index in [9.17, 15) is 4.39 Å². The Morgan fingerprint density at radius 2 is 1.82 bits per heavy atom. The molecule has 0 aliphatic rings. The van der Waals surface area contributed by atoms with Gasteiger partial charge in [0.05, 0.1) is 11.0 Å². The summed E-state index contributed by atoms with van der Waals surface area (Å²) < 4.78 is 15.8. The van der Waals surface area contributed by atoms with Gasteiger partial charge in [0.15, 0.2) is 0 Å². The smallest absolute Gasteiger partial charge is 0.123 e. The lowest BCUT2D eigenvalue weighted by molar-refractivity contribution is 0.627. The Morgan fingerprint density at radius 1 is 1.06 bits per heavy atom. The second kappa shape index (κ2) is 3.96. The van der Waals surface area contributed by atoms with Gasteiger partial charge in [-0.05, 0) is 42.5 Å². The summed E-state index contributed by atoms with van der Waals surface area (Å²) in [4.78, 5) is 4.31. The Labute approximate surface area is 106 Å². The predicted molar refractivity (Wildman–Crippen MR) is 68.7 cm³/mol. The van der Waals surface area contributed by atoms with Crippen LogP contribution in [0.1, 0.15) is 0 Å². The van der Waals surface area contributed by atoms with Crippen LogP contribution >= 0.6 is 15.9 Å². The fourth-order valence-corrected chi connectivity index (χ4v) is 2.14. The van der Waals surface area contributed by atoms with Crippen molar-refractivity contribution in [3.05, 3.63) is 59.1 Å². The summed E-state index contributed by atoms with van der Waals surface area (Å²) >= 11 is 3.43. The van der Waals surface area contributed by atoms with Gasteiger partial charge >= 0.3 is 0 Å². The van der Waals surface area contributed by atoms with E-state index in [4.69, 9.17) is 0 Å². The molecule has 0 amide bonds. The molecular formula is C13H8BrFN2. The molecule has 0 bridgehead atoms. The van der Waals surface area contributed by atoms with Crippen molar-refractivity contribution in [3.8, 4) is 5.69 Å². The molecular weight excluding hydrogens is 283 g/mol. The predicted octanol–water partition coefficient (Wildman–Crippen LogP) is 3.93. The fourth-order valence-electron chi connectivity index (χ4n) is 1.79. The van der Waals surface area contributed by atoms with Gasteiger partial charge in [-0.3, -0.25) is 4.57 Å². The molecule has 0 atom stereocenters. The van der Waals surface area contributed by atoms with Gasteiger partial charge in [-0.25, -0.2) is 9.37 Å². The number of hydrogen-bond acceptors (Lipinski definition) is 1. The third-order valence-electron chi connectivity index (χ3n) is 2.61. The van der Waals surface area contributed by atoms with Crippen molar-refractivity contribution in [1.82, 2.24) is 9.55 Å². The summed E-state index contributed by atoms with van der Waals surface area (Å²) in [7, 11) is 0. The van der Waals surface area contributed by atoms with Gasteiger partial charge in [-0.15, -0.1) is 0 Å². The van der Waals surface area contributed by atoms with Crippen LogP contribution < -0.4 is 0 Å². The largest absolute Gasteiger partial charge is 0.299 e. The molecule has 4 heteroatoms. The van der Waals surface area contributed by atoms with E-state index < -0.39 is 0 Å². The minimum atomic E-state index is -0.237. The zero-order valence-electron chi connectivity index (χ0n) is 8.77. The topological polar surface area (TPSA) is 17.8 Å². The van der Waals surface area contributed by atoms with Crippen molar-refractivity contribution in [3.63, 3.8) is 0 Å². The molecule has 1 heterocycles. The normalized spacial score (nSPS) is 10.9. The molecule has 0 saturated heterocycles. The highest BCUT2D eigenvalue weighted by Gasteiger charge is 2.04. The number of hydrogen-bond donors (Lipinski definition) is 0. The average molecular weight is 291 g/mol. The molecule has 17 heavy (non-hydrogen) atoms. The number of halogens is 2. The first-order valence-corrected chi connectivity index (χ1v) is 5.92. The lowest BCUT2D eigenvalue weighted by Crippen LogP contribution is -1.91. The first-order chi connectivity index (χ1) is 8.24. The molecule has 0 saturated carbocycles. The second-order valence-electron chi connectivity index (χ2n) is 3.72. The number of aromatic nitrogens is 2. The van der Waals surface area contributed by atoms with Crippen molar-refractivity contribution >= 4 is 27.0 Å². The molecule has 0 aliphatic carbocycles. The van der Waals surface area contributed by atoms with Crippen molar-refractivity contribution < 1.29 is 4.39 Å². The zero-order chi connectivity index (χ0) is 11.8. The van der Waals surface area contributed by atoms with Crippen LogP contribution in [0.5, 0.6) is 0 Å². The van der Waals surface area contributed by atoms with Crippen LogP contribution in [0.3, 0.4) is 0 Å². The second-order valence-corrected chi connectivity index (χ2v) is 4.64. The fraction of sp³-hybridized carbons (Fsp3) is 0. The number of nitrogens with zero attached hydrogens (tertiary/aromatic N) is 2.